The van der Waals surface area contributed by atoms with Crippen LogP contribution in [0.1, 0.15) is 37.7 Å². The number of likely N-dealkylation sites (tertiary alicyclic amines) is 1. The second-order valence-electron chi connectivity index (χ2n) is 7.24. The number of hydrogen-bond donors (Lipinski definition) is 2. The van der Waals surface area contributed by atoms with Crippen LogP contribution in [0.4, 0.5) is 0 Å². The van der Waals surface area contributed by atoms with E-state index in [9.17, 15) is 0 Å². The number of aliphatic imine (C=N–C) groups is 1. The van der Waals surface area contributed by atoms with Gasteiger partial charge in [-0.05, 0) is 68.8 Å². The molecule has 2 aliphatic rings. The van der Waals surface area contributed by atoms with Crippen molar-refractivity contribution in [3.05, 3.63) is 29.8 Å². The van der Waals surface area contributed by atoms with E-state index in [1.165, 1.54) is 50.8 Å². The summed E-state index contributed by atoms with van der Waals surface area (Å²) in [5.41, 5.74) is 7.19. The predicted octanol–water partition coefficient (Wildman–Crippen LogP) is 2.41. The van der Waals surface area contributed by atoms with Crippen LogP contribution in [0.2, 0.25) is 0 Å². The molecule has 1 saturated carbocycles. The Balaban J connectivity index is 1.30. The second-order valence-corrected chi connectivity index (χ2v) is 7.24. The largest absolute Gasteiger partial charge is 0.492 e. The van der Waals surface area contributed by atoms with Gasteiger partial charge in [-0.25, -0.2) is 0 Å². The summed E-state index contributed by atoms with van der Waals surface area (Å²) in [5.74, 6) is 2.30. The fraction of sp³-hybridized carbons (Fsp3) is 0.650. The van der Waals surface area contributed by atoms with Crippen LogP contribution in [-0.2, 0) is 6.42 Å². The van der Waals surface area contributed by atoms with Gasteiger partial charge in [0.05, 0.1) is 0 Å². The molecule has 3 N–H and O–H groups in total. The average molecular weight is 345 g/mol. The smallest absolute Gasteiger partial charge is 0.188 e. The van der Waals surface area contributed by atoms with Crippen molar-refractivity contribution in [3.63, 3.8) is 0 Å². The first-order chi connectivity index (χ1) is 12.3. The van der Waals surface area contributed by atoms with E-state index in [-0.39, 0.29) is 0 Å². The van der Waals surface area contributed by atoms with Gasteiger partial charge in [-0.15, -0.1) is 0 Å². The lowest BCUT2D eigenvalue weighted by Crippen LogP contribution is -2.34. The van der Waals surface area contributed by atoms with E-state index in [1.54, 1.807) is 0 Å². The lowest BCUT2D eigenvalue weighted by atomic mass is 9.86. The van der Waals surface area contributed by atoms with Crippen molar-refractivity contribution in [1.82, 2.24) is 10.2 Å². The van der Waals surface area contributed by atoms with Gasteiger partial charge in [0.2, 0.25) is 0 Å². The molecule has 1 heterocycles. The van der Waals surface area contributed by atoms with Gasteiger partial charge in [-0.1, -0.05) is 18.6 Å². The molecule has 0 atom stereocenters. The van der Waals surface area contributed by atoms with E-state index in [4.69, 9.17) is 10.5 Å². The Morgan fingerprint density at radius 3 is 2.60 bits per heavy atom. The lowest BCUT2D eigenvalue weighted by Gasteiger charge is -2.23. The molecule has 3 rings (SSSR count). The number of guanidine groups is 1. The van der Waals surface area contributed by atoms with Crippen molar-refractivity contribution in [2.75, 3.05) is 39.3 Å². The molecule has 138 valence electrons. The number of nitrogens with one attached hydrogen (secondary N) is 1. The van der Waals surface area contributed by atoms with E-state index in [0.29, 0.717) is 5.96 Å². The number of hydrogen-bond acceptors (Lipinski definition) is 3. The van der Waals surface area contributed by atoms with Crippen molar-refractivity contribution in [1.29, 1.82) is 0 Å². The van der Waals surface area contributed by atoms with Crippen molar-refractivity contribution in [2.24, 2.45) is 16.6 Å². The summed E-state index contributed by atoms with van der Waals surface area (Å²) in [4.78, 5) is 6.89. The summed E-state index contributed by atoms with van der Waals surface area (Å²) in [5, 5.41) is 3.21. The molecule has 5 nitrogen and oxygen atoms in total. The Labute approximate surface area is 151 Å². The zero-order valence-corrected chi connectivity index (χ0v) is 15.3. The first-order valence-electron chi connectivity index (χ1n) is 9.77. The quantitative estimate of drug-likeness (QED) is 0.533. The summed E-state index contributed by atoms with van der Waals surface area (Å²) in [6.45, 7) is 5.95. The van der Waals surface area contributed by atoms with Gasteiger partial charge in [-0.3, -0.25) is 9.89 Å². The van der Waals surface area contributed by atoms with Gasteiger partial charge < -0.3 is 15.8 Å². The summed E-state index contributed by atoms with van der Waals surface area (Å²) in [6.07, 6.45) is 7.57. The molecule has 0 radical (unpaired) electrons. The van der Waals surface area contributed by atoms with Crippen LogP contribution in [0.25, 0.3) is 0 Å². The van der Waals surface area contributed by atoms with Crippen molar-refractivity contribution in [3.8, 4) is 5.75 Å². The number of ether oxygens (including phenoxy) is 1. The zero-order valence-electron chi connectivity index (χ0n) is 15.3. The van der Waals surface area contributed by atoms with Crippen LogP contribution < -0.4 is 15.8 Å². The SMILES string of the molecule is NC(=NCC1CCC1)NCCc1ccc(OCCN2CCCC2)cc1. The minimum absolute atomic E-state index is 0.578. The van der Waals surface area contributed by atoms with Gasteiger partial charge in [-0.2, -0.15) is 0 Å². The van der Waals surface area contributed by atoms with Crippen LogP contribution in [0.5, 0.6) is 5.75 Å². The Bertz CT molecular complexity index is 533. The monoisotopic (exact) mass is 344 g/mol. The molecule has 0 aromatic heterocycles. The van der Waals surface area contributed by atoms with Gasteiger partial charge in [0, 0.05) is 19.6 Å². The molecule has 0 spiro atoms. The summed E-state index contributed by atoms with van der Waals surface area (Å²) < 4.78 is 5.84. The highest BCUT2D eigenvalue weighted by atomic mass is 16.5. The molecule has 1 aromatic carbocycles. The normalized spacial score (nSPS) is 19.0. The van der Waals surface area contributed by atoms with E-state index in [1.807, 2.05) is 0 Å². The third kappa shape index (κ3) is 6.24. The Morgan fingerprint density at radius 2 is 1.92 bits per heavy atom. The highest BCUT2D eigenvalue weighted by Crippen LogP contribution is 2.26. The highest BCUT2D eigenvalue weighted by molar-refractivity contribution is 5.77. The predicted molar refractivity (Wildman–Crippen MR) is 103 cm³/mol. The topological polar surface area (TPSA) is 62.9 Å². The van der Waals surface area contributed by atoms with Crippen LogP contribution >= 0.6 is 0 Å². The molecule has 0 amide bonds. The number of rotatable bonds is 9. The van der Waals surface area contributed by atoms with E-state index in [2.05, 4.69) is 39.5 Å². The maximum absolute atomic E-state index is 5.91. The molecular formula is C20H32N4O. The van der Waals surface area contributed by atoms with E-state index < -0.39 is 0 Å². The van der Waals surface area contributed by atoms with Crippen molar-refractivity contribution >= 4 is 5.96 Å². The molecule has 0 bridgehead atoms. The van der Waals surface area contributed by atoms with E-state index in [0.717, 1.165) is 44.3 Å². The Kier molecular flexibility index (Phi) is 6.98. The molecule has 25 heavy (non-hydrogen) atoms. The third-order valence-electron chi connectivity index (χ3n) is 5.26. The lowest BCUT2D eigenvalue weighted by molar-refractivity contribution is 0.238. The maximum Gasteiger partial charge on any atom is 0.188 e. The minimum Gasteiger partial charge on any atom is -0.492 e. The zero-order chi connectivity index (χ0) is 17.3. The minimum atomic E-state index is 0.578. The molecule has 1 saturated heterocycles. The second kappa shape index (κ2) is 9.66. The fourth-order valence-electron chi connectivity index (χ4n) is 3.34. The molecule has 1 aliphatic carbocycles. The van der Waals surface area contributed by atoms with Gasteiger partial charge in [0.15, 0.2) is 5.96 Å². The molecule has 5 heteroatoms. The summed E-state index contributed by atoms with van der Waals surface area (Å²) in [6, 6.07) is 8.39. The Morgan fingerprint density at radius 1 is 1.16 bits per heavy atom. The van der Waals surface area contributed by atoms with Crippen LogP contribution in [0.3, 0.4) is 0 Å². The molecule has 1 aliphatic heterocycles. The number of nitrogens with two attached hydrogens (primary N) is 1. The standard InChI is InChI=1S/C20H32N4O/c21-20(23-16-18-4-3-5-18)22-11-10-17-6-8-19(9-7-17)25-15-14-24-12-1-2-13-24/h6-9,18H,1-5,10-16H2,(H3,21,22,23). The van der Waals surface area contributed by atoms with Crippen molar-refractivity contribution < 1.29 is 4.74 Å². The molecule has 0 unspecified atom stereocenters. The van der Waals surface area contributed by atoms with Crippen molar-refractivity contribution in [2.45, 2.75) is 38.5 Å². The van der Waals surface area contributed by atoms with Crippen LogP contribution in [0.15, 0.2) is 29.3 Å². The Hall–Kier alpha value is -1.75. The van der Waals surface area contributed by atoms with Crippen LogP contribution in [0, 0.1) is 5.92 Å². The molecular weight excluding hydrogens is 312 g/mol. The molecule has 1 aromatic rings. The maximum atomic E-state index is 5.91. The highest BCUT2D eigenvalue weighted by Gasteiger charge is 2.16. The van der Waals surface area contributed by atoms with Gasteiger partial charge >= 0.3 is 0 Å². The fourth-order valence-corrected chi connectivity index (χ4v) is 3.34. The first kappa shape index (κ1) is 18.1. The average Bonchev–Trinajstić information content (AvgIpc) is 3.08. The summed E-state index contributed by atoms with van der Waals surface area (Å²) >= 11 is 0. The molecule has 2 fully saturated rings. The third-order valence-corrected chi connectivity index (χ3v) is 5.26. The number of nitrogens with zero attached hydrogens (tertiary/aromatic N) is 2. The number of benzene rings is 1. The van der Waals surface area contributed by atoms with Gasteiger partial charge in [0.1, 0.15) is 12.4 Å². The first-order valence-corrected chi connectivity index (χ1v) is 9.77. The van der Waals surface area contributed by atoms with Gasteiger partial charge in [0.25, 0.3) is 0 Å². The summed E-state index contributed by atoms with van der Waals surface area (Å²) in [7, 11) is 0. The van der Waals surface area contributed by atoms with Crippen LogP contribution in [-0.4, -0.2) is 50.2 Å². The van der Waals surface area contributed by atoms with E-state index >= 15 is 0 Å².